The van der Waals surface area contributed by atoms with Crippen LogP contribution in [0.4, 0.5) is 17.5 Å². The van der Waals surface area contributed by atoms with Gasteiger partial charge in [-0.1, -0.05) is 19.1 Å². The summed E-state index contributed by atoms with van der Waals surface area (Å²) in [7, 11) is 2.02. The van der Waals surface area contributed by atoms with E-state index in [2.05, 4.69) is 56.4 Å². The number of H-pyrrole nitrogens is 1. The minimum absolute atomic E-state index is 0.102. The van der Waals surface area contributed by atoms with Crippen LogP contribution in [0.15, 0.2) is 42.9 Å². The standard InChI is InChI=1S/C20H25N7/c1-5-6-9-17-20(27(4)15(3)16-8-7-10-21-12-16)24-19(13-22-17)23-18-11-14(2)25-26-18/h6-13,15H,5H2,1-4H3,(H2,23,24,25,26)/b9-6+. The summed E-state index contributed by atoms with van der Waals surface area (Å²) >= 11 is 0. The van der Waals surface area contributed by atoms with Crippen molar-refractivity contribution in [1.29, 1.82) is 0 Å². The Hall–Kier alpha value is -3.22. The van der Waals surface area contributed by atoms with Gasteiger partial charge in [0.05, 0.1) is 12.2 Å². The molecule has 0 bridgehead atoms. The average Bonchev–Trinajstić information content (AvgIpc) is 3.11. The Morgan fingerprint density at radius 3 is 2.81 bits per heavy atom. The van der Waals surface area contributed by atoms with Gasteiger partial charge in [0.1, 0.15) is 5.69 Å². The lowest BCUT2D eigenvalue weighted by atomic mass is 10.1. The Kier molecular flexibility index (Phi) is 5.80. The van der Waals surface area contributed by atoms with Gasteiger partial charge in [0.15, 0.2) is 17.5 Å². The first-order chi connectivity index (χ1) is 13.1. The molecule has 1 unspecified atom stereocenters. The molecule has 3 aromatic heterocycles. The summed E-state index contributed by atoms with van der Waals surface area (Å²) < 4.78 is 0. The molecule has 0 amide bonds. The van der Waals surface area contributed by atoms with E-state index in [0.29, 0.717) is 11.6 Å². The summed E-state index contributed by atoms with van der Waals surface area (Å²) in [6.07, 6.45) is 10.4. The largest absolute Gasteiger partial charge is 0.351 e. The van der Waals surface area contributed by atoms with Gasteiger partial charge in [-0.3, -0.25) is 10.1 Å². The Morgan fingerprint density at radius 2 is 2.15 bits per heavy atom. The lowest BCUT2D eigenvalue weighted by molar-refractivity contribution is 0.722. The Balaban J connectivity index is 1.93. The number of aryl methyl sites for hydroxylation is 1. The molecule has 0 saturated carbocycles. The molecule has 7 nitrogen and oxygen atoms in total. The van der Waals surface area contributed by atoms with Crippen LogP contribution < -0.4 is 10.2 Å². The molecule has 3 aromatic rings. The van der Waals surface area contributed by atoms with E-state index in [4.69, 9.17) is 4.98 Å². The van der Waals surface area contributed by atoms with Crippen LogP contribution in [0.3, 0.4) is 0 Å². The fourth-order valence-corrected chi connectivity index (χ4v) is 2.70. The Bertz CT molecular complexity index is 902. The van der Waals surface area contributed by atoms with E-state index >= 15 is 0 Å². The van der Waals surface area contributed by atoms with Crippen LogP contribution in [0.5, 0.6) is 0 Å². The molecule has 7 heteroatoms. The normalized spacial score (nSPS) is 12.3. The quantitative estimate of drug-likeness (QED) is 0.652. The summed E-state index contributed by atoms with van der Waals surface area (Å²) in [5, 5.41) is 10.3. The first-order valence-corrected chi connectivity index (χ1v) is 9.04. The zero-order valence-electron chi connectivity index (χ0n) is 16.1. The summed E-state index contributed by atoms with van der Waals surface area (Å²) in [5.41, 5.74) is 2.93. The minimum Gasteiger partial charge on any atom is -0.351 e. The molecule has 0 aliphatic heterocycles. The first-order valence-electron chi connectivity index (χ1n) is 9.04. The maximum atomic E-state index is 4.80. The maximum absolute atomic E-state index is 4.80. The monoisotopic (exact) mass is 363 g/mol. The second-order valence-electron chi connectivity index (χ2n) is 6.41. The number of allylic oxidation sites excluding steroid dienone is 1. The van der Waals surface area contributed by atoms with Crippen molar-refractivity contribution in [3.63, 3.8) is 0 Å². The molecule has 0 radical (unpaired) electrons. The number of anilines is 3. The highest BCUT2D eigenvalue weighted by Crippen LogP contribution is 2.28. The molecule has 2 N–H and O–H groups in total. The second-order valence-corrected chi connectivity index (χ2v) is 6.41. The molecular formula is C20H25N7. The zero-order valence-corrected chi connectivity index (χ0v) is 16.1. The zero-order chi connectivity index (χ0) is 19.2. The molecule has 3 heterocycles. The third-order valence-electron chi connectivity index (χ3n) is 4.34. The highest BCUT2D eigenvalue weighted by Gasteiger charge is 2.18. The van der Waals surface area contributed by atoms with E-state index in [1.807, 2.05) is 38.4 Å². The number of aromatic nitrogens is 5. The van der Waals surface area contributed by atoms with Crippen molar-refractivity contribution >= 4 is 23.5 Å². The van der Waals surface area contributed by atoms with Gasteiger partial charge >= 0.3 is 0 Å². The molecule has 140 valence electrons. The Morgan fingerprint density at radius 1 is 1.30 bits per heavy atom. The van der Waals surface area contributed by atoms with E-state index in [1.165, 1.54) is 0 Å². The predicted octanol–water partition coefficient (Wildman–Crippen LogP) is 4.27. The lowest BCUT2D eigenvalue weighted by Crippen LogP contribution is -2.24. The van der Waals surface area contributed by atoms with E-state index in [-0.39, 0.29) is 6.04 Å². The van der Waals surface area contributed by atoms with Crippen molar-refractivity contribution in [3.8, 4) is 0 Å². The highest BCUT2D eigenvalue weighted by molar-refractivity contribution is 5.64. The molecule has 0 fully saturated rings. The molecule has 0 spiro atoms. The molecule has 0 aliphatic carbocycles. The number of hydrogen-bond acceptors (Lipinski definition) is 6. The molecule has 0 saturated heterocycles. The molecule has 0 aliphatic rings. The number of pyridine rings is 1. The van der Waals surface area contributed by atoms with Crippen molar-refractivity contribution in [3.05, 3.63) is 59.8 Å². The highest BCUT2D eigenvalue weighted by atomic mass is 15.2. The van der Waals surface area contributed by atoms with Gasteiger partial charge in [0.2, 0.25) is 0 Å². The van der Waals surface area contributed by atoms with Crippen LogP contribution in [0, 0.1) is 6.92 Å². The van der Waals surface area contributed by atoms with Gasteiger partial charge in [-0.25, -0.2) is 9.97 Å². The predicted molar refractivity (Wildman–Crippen MR) is 109 cm³/mol. The van der Waals surface area contributed by atoms with E-state index in [0.717, 1.165) is 29.2 Å². The van der Waals surface area contributed by atoms with Crippen LogP contribution in [0.25, 0.3) is 6.08 Å². The van der Waals surface area contributed by atoms with Crippen LogP contribution in [-0.4, -0.2) is 32.2 Å². The van der Waals surface area contributed by atoms with E-state index < -0.39 is 0 Å². The average molecular weight is 363 g/mol. The van der Waals surface area contributed by atoms with Gasteiger partial charge in [-0.2, -0.15) is 5.10 Å². The van der Waals surface area contributed by atoms with Crippen molar-refractivity contribution in [2.24, 2.45) is 0 Å². The van der Waals surface area contributed by atoms with Gasteiger partial charge in [0.25, 0.3) is 0 Å². The summed E-state index contributed by atoms with van der Waals surface area (Å²) in [5.74, 6) is 2.16. The Labute approximate surface area is 159 Å². The summed E-state index contributed by atoms with van der Waals surface area (Å²) in [4.78, 5) is 15.8. The van der Waals surface area contributed by atoms with Crippen molar-refractivity contribution in [1.82, 2.24) is 25.1 Å². The third kappa shape index (κ3) is 4.49. The molecule has 1 atom stereocenters. The topological polar surface area (TPSA) is 82.6 Å². The van der Waals surface area contributed by atoms with Crippen molar-refractivity contribution < 1.29 is 0 Å². The molecule has 27 heavy (non-hydrogen) atoms. The van der Waals surface area contributed by atoms with Crippen LogP contribution >= 0.6 is 0 Å². The van der Waals surface area contributed by atoms with Gasteiger partial charge < -0.3 is 10.2 Å². The summed E-state index contributed by atoms with van der Waals surface area (Å²) in [6, 6.07) is 6.04. The number of hydrogen-bond donors (Lipinski definition) is 2. The van der Waals surface area contributed by atoms with E-state index in [1.54, 1.807) is 12.4 Å². The summed E-state index contributed by atoms with van der Waals surface area (Å²) in [6.45, 7) is 6.18. The van der Waals surface area contributed by atoms with Crippen molar-refractivity contribution in [2.45, 2.75) is 33.2 Å². The first kappa shape index (κ1) is 18.6. The third-order valence-corrected chi connectivity index (χ3v) is 4.34. The molecule has 3 rings (SSSR count). The van der Waals surface area contributed by atoms with E-state index in [9.17, 15) is 0 Å². The smallest absolute Gasteiger partial charge is 0.157 e. The fourth-order valence-electron chi connectivity index (χ4n) is 2.70. The van der Waals surface area contributed by atoms with Gasteiger partial charge in [-0.05, 0) is 38.0 Å². The molecular weight excluding hydrogens is 338 g/mol. The van der Waals surface area contributed by atoms with Crippen LogP contribution in [-0.2, 0) is 0 Å². The number of aromatic amines is 1. The fraction of sp³-hybridized carbons (Fsp3) is 0.300. The number of nitrogens with one attached hydrogen (secondary N) is 2. The number of nitrogens with zero attached hydrogens (tertiary/aromatic N) is 5. The van der Waals surface area contributed by atoms with Crippen LogP contribution in [0.2, 0.25) is 0 Å². The van der Waals surface area contributed by atoms with Gasteiger partial charge in [0, 0.05) is 31.2 Å². The second kappa shape index (κ2) is 8.44. The number of rotatable bonds is 7. The SMILES string of the molecule is CC/C=C/c1ncc(Nc2cc(C)[nH]n2)nc1N(C)C(C)c1cccnc1. The van der Waals surface area contributed by atoms with Gasteiger partial charge in [-0.15, -0.1) is 0 Å². The van der Waals surface area contributed by atoms with Crippen LogP contribution in [0.1, 0.15) is 43.3 Å². The van der Waals surface area contributed by atoms with Crippen molar-refractivity contribution in [2.75, 3.05) is 17.3 Å². The lowest BCUT2D eigenvalue weighted by Gasteiger charge is -2.27. The molecule has 0 aromatic carbocycles. The maximum Gasteiger partial charge on any atom is 0.157 e. The minimum atomic E-state index is 0.102.